The number of carbonyl (C=O) groups excluding carboxylic acids is 1. The maximum absolute atomic E-state index is 13.1. The lowest BCUT2D eigenvalue weighted by atomic mass is 10.1. The molecule has 2 aromatic heterocycles. The van der Waals surface area contributed by atoms with Gasteiger partial charge < -0.3 is 10.4 Å². The van der Waals surface area contributed by atoms with E-state index in [0.29, 0.717) is 22.5 Å². The summed E-state index contributed by atoms with van der Waals surface area (Å²) >= 11 is 1.34. The van der Waals surface area contributed by atoms with E-state index in [0.717, 1.165) is 25.6 Å². The number of carboxylic acids is 1. The number of aliphatic carboxylic acids is 1. The van der Waals surface area contributed by atoms with Crippen LogP contribution in [0.2, 0.25) is 0 Å². The van der Waals surface area contributed by atoms with Gasteiger partial charge in [0.05, 0.1) is 17.0 Å². The molecule has 1 atom stereocenters. The van der Waals surface area contributed by atoms with Gasteiger partial charge in [-0.05, 0) is 54.4 Å². The predicted octanol–water partition coefficient (Wildman–Crippen LogP) is 4.97. The number of thiophene rings is 1. The van der Waals surface area contributed by atoms with E-state index in [1.165, 1.54) is 11.3 Å². The van der Waals surface area contributed by atoms with E-state index >= 15 is 0 Å². The minimum atomic E-state index is -3.87. The van der Waals surface area contributed by atoms with Crippen molar-refractivity contribution in [3.63, 3.8) is 0 Å². The third-order valence-corrected chi connectivity index (χ3v) is 9.36. The van der Waals surface area contributed by atoms with Gasteiger partial charge in [0.1, 0.15) is 6.04 Å². The Morgan fingerprint density at radius 3 is 2.61 bits per heavy atom. The van der Waals surface area contributed by atoms with Crippen LogP contribution in [0.25, 0.3) is 21.3 Å². The first-order chi connectivity index (χ1) is 17.3. The third kappa shape index (κ3) is 4.39. The smallest absolute Gasteiger partial charge is 0.322 e. The van der Waals surface area contributed by atoms with Gasteiger partial charge in [-0.2, -0.15) is 4.31 Å². The minimum absolute atomic E-state index is 0.0642. The number of benzene rings is 2. The first kappa shape index (κ1) is 24.1. The van der Waals surface area contributed by atoms with Gasteiger partial charge in [0, 0.05) is 32.6 Å². The Hall–Kier alpha value is -3.60. The summed E-state index contributed by atoms with van der Waals surface area (Å²) in [5.41, 5.74) is 2.76. The summed E-state index contributed by atoms with van der Waals surface area (Å²) < 4.78 is 27.2. The lowest BCUT2D eigenvalue weighted by Gasteiger charge is -2.22. The van der Waals surface area contributed by atoms with Crippen molar-refractivity contribution in [2.24, 2.45) is 0 Å². The average molecular weight is 522 g/mol. The molecule has 36 heavy (non-hydrogen) atoms. The molecule has 0 saturated heterocycles. The number of nitrogens with one attached hydrogen (secondary N) is 1. The molecular formula is C26H23N3O5S2. The predicted molar refractivity (Wildman–Crippen MR) is 139 cm³/mol. The molecule has 1 aliphatic heterocycles. The second-order valence-corrected chi connectivity index (χ2v) is 11.5. The molecule has 5 rings (SSSR count). The van der Waals surface area contributed by atoms with Crippen molar-refractivity contribution in [1.82, 2.24) is 9.29 Å². The summed E-state index contributed by atoms with van der Waals surface area (Å²) in [6, 6.07) is 16.8. The van der Waals surface area contributed by atoms with Crippen LogP contribution in [0.1, 0.15) is 35.0 Å². The van der Waals surface area contributed by atoms with Gasteiger partial charge >= 0.3 is 5.97 Å². The van der Waals surface area contributed by atoms with Gasteiger partial charge in [-0.25, -0.2) is 8.42 Å². The molecule has 0 radical (unpaired) electrons. The molecule has 4 aromatic rings. The number of hydrogen-bond acceptors (Lipinski definition) is 6. The molecule has 1 amide bonds. The van der Waals surface area contributed by atoms with Crippen LogP contribution in [0.4, 0.5) is 5.69 Å². The van der Waals surface area contributed by atoms with Crippen LogP contribution >= 0.6 is 11.3 Å². The van der Waals surface area contributed by atoms with Crippen LogP contribution in [-0.2, 0) is 21.4 Å². The van der Waals surface area contributed by atoms with Gasteiger partial charge in [0.15, 0.2) is 0 Å². The van der Waals surface area contributed by atoms with Gasteiger partial charge in [-0.3, -0.25) is 14.6 Å². The van der Waals surface area contributed by atoms with Gasteiger partial charge in [-0.1, -0.05) is 31.5 Å². The molecule has 3 heterocycles. The van der Waals surface area contributed by atoms with E-state index in [2.05, 4.69) is 10.3 Å². The maximum atomic E-state index is 13.1. The highest BCUT2D eigenvalue weighted by Gasteiger charge is 2.43. The molecular weight excluding hydrogens is 498 g/mol. The maximum Gasteiger partial charge on any atom is 0.322 e. The number of carbonyl (C=O) groups is 2. The lowest BCUT2D eigenvalue weighted by Crippen LogP contribution is -2.41. The Morgan fingerprint density at radius 1 is 1.14 bits per heavy atom. The molecule has 0 saturated carbocycles. The Kier molecular flexibility index (Phi) is 6.33. The van der Waals surface area contributed by atoms with E-state index < -0.39 is 22.0 Å². The fraction of sp³-hybridized carbons (Fsp3) is 0.192. The van der Waals surface area contributed by atoms with Crippen LogP contribution in [0, 0.1) is 0 Å². The second-order valence-electron chi connectivity index (χ2n) is 8.53. The van der Waals surface area contributed by atoms with Crippen molar-refractivity contribution in [3.05, 3.63) is 77.3 Å². The molecule has 0 spiro atoms. The Morgan fingerprint density at radius 2 is 1.92 bits per heavy atom. The number of hydrogen-bond donors (Lipinski definition) is 2. The lowest BCUT2D eigenvalue weighted by molar-refractivity contribution is -0.141. The molecule has 1 aliphatic rings. The van der Waals surface area contributed by atoms with Crippen LogP contribution < -0.4 is 5.32 Å². The minimum Gasteiger partial charge on any atom is -0.480 e. The van der Waals surface area contributed by atoms with Crippen LogP contribution in [-0.4, -0.2) is 40.7 Å². The Balaban J connectivity index is 1.32. The number of nitrogens with zero attached hydrogens (tertiary/aromatic N) is 2. The number of carboxylic acid groups (broad SMARTS) is 1. The highest BCUT2D eigenvalue weighted by Crippen LogP contribution is 2.42. The van der Waals surface area contributed by atoms with E-state index in [1.807, 2.05) is 31.2 Å². The number of sulfonamides is 1. The Labute approximate surface area is 212 Å². The highest BCUT2D eigenvalue weighted by atomic mass is 32.2. The number of amides is 1. The molecule has 184 valence electrons. The van der Waals surface area contributed by atoms with E-state index in [9.17, 15) is 23.1 Å². The monoisotopic (exact) mass is 521 g/mol. The standard InChI is InChI=1S/C26H23N3O5S2/c1-2-4-21(26(31)32)29-15-23-24(36(29,33)34)14-22(35-23)16-6-9-19(10-7-16)28-25(30)18-8-11-20-17(13-18)5-3-12-27-20/h3,5-14,21H,2,4,15H2,1H3,(H,28,30)(H,31,32). The van der Waals surface area contributed by atoms with Gasteiger partial charge in [-0.15, -0.1) is 11.3 Å². The Bertz CT molecular complexity index is 1580. The van der Waals surface area contributed by atoms with Crippen LogP contribution in [0.5, 0.6) is 0 Å². The first-order valence-electron chi connectivity index (χ1n) is 11.4. The molecule has 1 unspecified atom stereocenters. The molecule has 8 nitrogen and oxygen atoms in total. The van der Waals surface area contributed by atoms with Crippen molar-refractivity contribution in [1.29, 1.82) is 0 Å². The summed E-state index contributed by atoms with van der Waals surface area (Å²) in [4.78, 5) is 30.2. The quantitative estimate of drug-likeness (QED) is 0.355. The molecule has 0 fully saturated rings. The van der Waals surface area contributed by atoms with Gasteiger partial charge in [0.25, 0.3) is 5.91 Å². The molecule has 10 heteroatoms. The van der Waals surface area contributed by atoms with Crippen LogP contribution in [0.3, 0.4) is 0 Å². The fourth-order valence-electron chi connectivity index (χ4n) is 4.32. The largest absolute Gasteiger partial charge is 0.480 e. The third-order valence-electron chi connectivity index (χ3n) is 6.14. The number of fused-ring (bicyclic) bond motifs is 2. The zero-order valence-electron chi connectivity index (χ0n) is 19.3. The fourth-order valence-corrected chi connectivity index (χ4v) is 7.67. The summed E-state index contributed by atoms with van der Waals surface area (Å²) in [6.07, 6.45) is 2.54. The van der Waals surface area contributed by atoms with E-state index in [4.69, 9.17) is 0 Å². The topological polar surface area (TPSA) is 117 Å². The number of anilines is 1. The number of rotatable bonds is 7. The van der Waals surface area contributed by atoms with Crippen molar-refractivity contribution < 1.29 is 23.1 Å². The average Bonchev–Trinajstić information content (AvgIpc) is 3.40. The number of pyridine rings is 1. The molecule has 0 bridgehead atoms. The van der Waals surface area contributed by atoms with Crippen molar-refractivity contribution in [3.8, 4) is 10.4 Å². The second kappa shape index (κ2) is 9.45. The normalized spacial score (nSPS) is 15.5. The zero-order valence-corrected chi connectivity index (χ0v) is 21.0. The summed E-state index contributed by atoms with van der Waals surface area (Å²) in [6.45, 7) is 1.90. The highest BCUT2D eigenvalue weighted by molar-refractivity contribution is 7.89. The zero-order chi connectivity index (χ0) is 25.4. The molecule has 2 aromatic carbocycles. The molecule has 0 aliphatic carbocycles. The first-order valence-corrected chi connectivity index (χ1v) is 13.7. The van der Waals surface area contributed by atoms with Crippen molar-refractivity contribution >= 4 is 49.8 Å². The summed E-state index contributed by atoms with van der Waals surface area (Å²) in [7, 11) is -3.87. The molecule has 2 N–H and O–H groups in total. The van der Waals surface area contributed by atoms with Crippen molar-refractivity contribution in [2.75, 3.05) is 5.32 Å². The number of aromatic nitrogens is 1. The summed E-state index contributed by atoms with van der Waals surface area (Å²) in [5, 5.41) is 13.3. The van der Waals surface area contributed by atoms with E-state index in [1.54, 1.807) is 42.6 Å². The summed E-state index contributed by atoms with van der Waals surface area (Å²) in [5.74, 6) is -1.37. The SMILES string of the molecule is CCCC(C(=O)O)N1Cc2sc(-c3ccc(NC(=O)c4ccc5ncccc5c4)cc3)cc2S1(=O)=O. The van der Waals surface area contributed by atoms with Crippen LogP contribution in [0.15, 0.2) is 71.8 Å². The van der Waals surface area contributed by atoms with E-state index in [-0.39, 0.29) is 23.8 Å². The van der Waals surface area contributed by atoms with Crippen molar-refractivity contribution in [2.45, 2.75) is 37.2 Å². The van der Waals surface area contributed by atoms with Gasteiger partial charge in [0.2, 0.25) is 10.0 Å².